The quantitative estimate of drug-likeness (QED) is 0.441. The van der Waals surface area contributed by atoms with Gasteiger partial charge in [0.05, 0.1) is 21.6 Å². The number of oxazole rings is 1. The molecule has 0 radical (unpaired) electrons. The van der Waals surface area contributed by atoms with E-state index in [9.17, 15) is 10.1 Å². The summed E-state index contributed by atoms with van der Waals surface area (Å²) in [4.78, 5) is 14.5. The lowest BCUT2D eigenvalue weighted by molar-refractivity contribution is -0.384. The Kier molecular flexibility index (Phi) is 2.80. The van der Waals surface area contributed by atoms with Crippen LogP contribution in [0, 0.1) is 10.1 Å². The predicted octanol–water partition coefficient (Wildman–Crippen LogP) is 3.64. The van der Waals surface area contributed by atoms with E-state index in [4.69, 9.17) is 21.8 Å². The van der Waals surface area contributed by atoms with Crippen molar-refractivity contribution in [3.8, 4) is 11.5 Å². The van der Waals surface area contributed by atoms with E-state index < -0.39 is 4.92 Å². The lowest BCUT2D eigenvalue weighted by atomic mass is 10.2. The van der Waals surface area contributed by atoms with E-state index in [-0.39, 0.29) is 11.6 Å². The third-order valence-corrected chi connectivity index (χ3v) is 3.13. The Hall–Kier alpha value is -2.60. The second-order valence-electron chi connectivity index (χ2n) is 4.17. The molecule has 2 aromatic carbocycles. The molecule has 0 saturated heterocycles. The van der Waals surface area contributed by atoms with Crippen molar-refractivity contribution in [1.29, 1.82) is 0 Å². The summed E-state index contributed by atoms with van der Waals surface area (Å²) in [7, 11) is 0. The van der Waals surface area contributed by atoms with Gasteiger partial charge in [-0.3, -0.25) is 10.1 Å². The fourth-order valence-electron chi connectivity index (χ4n) is 1.85. The number of anilines is 1. The molecule has 0 aliphatic carbocycles. The highest BCUT2D eigenvalue weighted by Gasteiger charge is 2.14. The fraction of sp³-hybridized carbons (Fsp3) is 0. The van der Waals surface area contributed by atoms with Crippen molar-refractivity contribution in [1.82, 2.24) is 4.98 Å². The molecule has 0 amide bonds. The van der Waals surface area contributed by atoms with Gasteiger partial charge in [0.2, 0.25) is 5.89 Å². The number of fused-ring (bicyclic) bond motifs is 1. The second-order valence-corrected chi connectivity index (χ2v) is 4.57. The predicted molar refractivity (Wildman–Crippen MR) is 75.5 cm³/mol. The van der Waals surface area contributed by atoms with Gasteiger partial charge in [0, 0.05) is 11.8 Å². The van der Waals surface area contributed by atoms with Crippen molar-refractivity contribution in [3.05, 3.63) is 51.5 Å². The maximum absolute atomic E-state index is 10.7. The number of nitrogens with zero attached hydrogens (tertiary/aromatic N) is 2. The molecule has 7 heteroatoms. The number of aromatic nitrogens is 1. The molecule has 0 aliphatic heterocycles. The molecular formula is C13H8ClN3O3. The van der Waals surface area contributed by atoms with Crippen LogP contribution in [0.4, 0.5) is 11.4 Å². The van der Waals surface area contributed by atoms with Gasteiger partial charge in [-0.05, 0) is 24.3 Å². The summed E-state index contributed by atoms with van der Waals surface area (Å²) in [6.07, 6.45) is 0. The molecule has 100 valence electrons. The average molecular weight is 290 g/mol. The first-order chi connectivity index (χ1) is 9.54. The monoisotopic (exact) mass is 289 g/mol. The number of halogens is 1. The van der Waals surface area contributed by atoms with Gasteiger partial charge >= 0.3 is 0 Å². The fourth-order valence-corrected chi connectivity index (χ4v) is 2.05. The molecule has 1 heterocycles. The molecule has 6 nitrogen and oxygen atoms in total. The normalized spacial score (nSPS) is 10.8. The van der Waals surface area contributed by atoms with E-state index in [2.05, 4.69) is 4.98 Å². The van der Waals surface area contributed by atoms with E-state index in [1.807, 2.05) is 0 Å². The first kappa shape index (κ1) is 12.4. The molecule has 2 N–H and O–H groups in total. The molecular weight excluding hydrogens is 282 g/mol. The number of nitro benzene ring substituents is 1. The summed E-state index contributed by atoms with van der Waals surface area (Å²) in [6, 6.07) is 9.17. The zero-order chi connectivity index (χ0) is 14.3. The number of hydrogen-bond acceptors (Lipinski definition) is 5. The van der Waals surface area contributed by atoms with Gasteiger partial charge in [-0.25, -0.2) is 4.98 Å². The minimum Gasteiger partial charge on any atom is -0.436 e. The molecule has 0 spiro atoms. The van der Waals surface area contributed by atoms with Gasteiger partial charge in [-0.15, -0.1) is 0 Å². The molecule has 0 aliphatic rings. The smallest absolute Gasteiger partial charge is 0.273 e. The van der Waals surface area contributed by atoms with Crippen molar-refractivity contribution in [2.24, 2.45) is 0 Å². The van der Waals surface area contributed by atoms with Crippen molar-refractivity contribution >= 4 is 34.1 Å². The van der Waals surface area contributed by atoms with Crippen LogP contribution in [-0.2, 0) is 0 Å². The van der Waals surface area contributed by atoms with Gasteiger partial charge in [0.1, 0.15) is 5.52 Å². The lowest BCUT2D eigenvalue weighted by Crippen LogP contribution is -1.86. The number of nitro groups is 1. The van der Waals surface area contributed by atoms with Crippen LogP contribution in [0.15, 0.2) is 40.8 Å². The van der Waals surface area contributed by atoms with Gasteiger partial charge in [0.25, 0.3) is 5.69 Å². The van der Waals surface area contributed by atoms with Gasteiger partial charge in [0.15, 0.2) is 5.58 Å². The standard InChI is InChI=1S/C13H8ClN3O3/c14-10-3-1-7(15)5-9(10)13-16-11-4-2-8(17(18)19)6-12(11)20-13/h1-6H,15H2. The van der Waals surface area contributed by atoms with Crippen molar-refractivity contribution in [3.63, 3.8) is 0 Å². The maximum Gasteiger partial charge on any atom is 0.273 e. The summed E-state index contributed by atoms with van der Waals surface area (Å²) in [5, 5.41) is 11.2. The van der Waals surface area contributed by atoms with E-state index in [0.29, 0.717) is 27.4 Å². The number of nitrogens with two attached hydrogens (primary N) is 1. The summed E-state index contributed by atoms with van der Waals surface area (Å²) in [5.41, 5.74) is 7.57. The number of non-ortho nitro benzene ring substituents is 1. The van der Waals surface area contributed by atoms with Crippen LogP contribution in [0.2, 0.25) is 5.02 Å². The summed E-state index contributed by atoms with van der Waals surface area (Å²) in [6.45, 7) is 0. The highest BCUT2D eigenvalue weighted by Crippen LogP contribution is 2.32. The zero-order valence-corrected chi connectivity index (χ0v) is 10.8. The summed E-state index contributed by atoms with van der Waals surface area (Å²) in [5.74, 6) is 0.276. The number of hydrogen-bond donors (Lipinski definition) is 1. The minimum absolute atomic E-state index is 0.0566. The van der Waals surface area contributed by atoms with Crippen LogP contribution in [0.25, 0.3) is 22.6 Å². The van der Waals surface area contributed by atoms with E-state index >= 15 is 0 Å². The average Bonchev–Trinajstić information content (AvgIpc) is 2.83. The van der Waals surface area contributed by atoms with E-state index in [1.165, 1.54) is 18.2 Å². The highest BCUT2D eigenvalue weighted by molar-refractivity contribution is 6.33. The number of benzene rings is 2. The third-order valence-electron chi connectivity index (χ3n) is 2.80. The van der Waals surface area contributed by atoms with Crippen LogP contribution in [0.1, 0.15) is 0 Å². The summed E-state index contributed by atoms with van der Waals surface area (Å²) < 4.78 is 5.53. The molecule has 3 rings (SSSR count). The Bertz CT molecular complexity index is 829. The molecule has 0 bridgehead atoms. The molecule has 0 saturated carbocycles. The molecule has 3 aromatic rings. The highest BCUT2D eigenvalue weighted by atomic mass is 35.5. The number of rotatable bonds is 2. The molecule has 1 aromatic heterocycles. The van der Waals surface area contributed by atoms with Gasteiger partial charge in [-0.1, -0.05) is 11.6 Å². The zero-order valence-electron chi connectivity index (χ0n) is 10.0. The Morgan fingerprint density at radius 2 is 2.05 bits per heavy atom. The van der Waals surface area contributed by atoms with E-state index in [0.717, 1.165) is 0 Å². The van der Waals surface area contributed by atoms with Gasteiger partial charge < -0.3 is 10.2 Å². The van der Waals surface area contributed by atoms with Crippen LogP contribution < -0.4 is 5.73 Å². The molecule has 0 atom stereocenters. The van der Waals surface area contributed by atoms with Crippen LogP contribution in [0.5, 0.6) is 0 Å². The third kappa shape index (κ3) is 2.06. The maximum atomic E-state index is 10.7. The van der Waals surface area contributed by atoms with Crippen LogP contribution >= 0.6 is 11.6 Å². The largest absolute Gasteiger partial charge is 0.436 e. The van der Waals surface area contributed by atoms with Gasteiger partial charge in [-0.2, -0.15) is 0 Å². The minimum atomic E-state index is -0.491. The Balaban J connectivity index is 2.17. The van der Waals surface area contributed by atoms with Crippen molar-refractivity contribution in [2.75, 3.05) is 5.73 Å². The summed E-state index contributed by atoms with van der Waals surface area (Å²) >= 11 is 6.08. The van der Waals surface area contributed by atoms with Crippen molar-refractivity contribution in [2.45, 2.75) is 0 Å². The Labute approximate surface area is 117 Å². The molecule has 0 fully saturated rings. The van der Waals surface area contributed by atoms with E-state index in [1.54, 1.807) is 18.2 Å². The van der Waals surface area contributed by atoms with Crippen molar-refractivity contribution < 1.29 is 9.34 Å². The second kappa shape index (κ2) is 4.50. The number of nitrogen functional groups attached to an aromatic ring is 1. The van der Waals surface area contributed by atoms with Crippen LogP contribution in [-0.4, -0.2) is 9.91 Å². The molecule has 20 heavy (non-hydrogen) atoms. The lowest BCUT2D eigenvalue weighted by Gasteiger charge is -2.00. The van der Waals surface area contributed by atoms with Crippen LogP contribution in [0.3, 0.4) is 0 Å². The topological polar surface area (TPSA) is 95.2 Å². The Morgan fingerprint density at radius 3 is 2.80 bits per heavy atom. The SMILES string of the molecule is Nc1ccc(Cl)c(-c2nc3ccc([N+](=O)[O-])cc3o2)c1. The first-order valence-corrected chi connectivity index (χ1v) is 6.03. The first-order valence-electron chi connectivity index (χ1n) is 5.65. The molecule has 0 unspecified atom stereocenters. The Morgan fingerprint density at radius 1 is 1.25 bits per heavy atom.